The molecule has 3 heteroatoms. The zero-order chi connectivity index (χ0) is 12.8. The third-order valence-electron chi connectivity index (χ3n) is 5.17. The standard InChI is InChI=1S/C16H22N2O/c17-9-15(18-10-11-1-3-14(18)7-11)12-2-4-16-13(8-12)5-6-19-16/h2,4,8,11,14-15H,1,3,5-7,9-10,17H2. The summed E-state index contributed by atoms with van der Waals surface area (Å²) in [5, 5.41) is 0. The predicted octanol–water partition coefficient (Wildman–Crippen LogP) is 2.11. The Morgan fingerprint density at radius 3 is 3.05 bits per heavy atom. The van der Waals surface area contributed by atoms with Gasteiger partial charge in [0, 0.05) is 31.6 Å². The first-order valence-electron chi connectivity index (χ1n) is 7.56. The molecule has 2 fully saturated rings. The van der Waals surface area contributed by atoms with Crippen LogP contribution in [0.1, 0.15) is 36.4 Å². The Morgan fingerprint density at radius 2 is 2.32 bits per heavy atom. The Kier molecular flexibility index (Phi) is 2.78. The summed E-state index contributed by atoms with van der Waals surface area (Å²) in [6, 6.07) is 7.86. The molecule has 2 N–H and O–H groups in total. The average Bonchev–Trinajstić information content (AvgIpc) is 3.15. The van der Waals surface area contributed by atoms with Gasteiger partial charge in [0.15, 0.2) is 0 Å². The zero-order valence-corrected chi connectivity index (χ0v) is 11.3. The van der Waals surface area contributed by atoms with Gasteiger partial charge in [0.25, 0.3) is 0 Å². The van der Waals surface area contributed by atoms with E-state index >= 15 is 0 Å². The van der Waals surface area contributed by atoms with E-state index in [9.17, 15) is 0 Å². The van der Waals surface area contributed by atoms with Crippen LogP contribution in [0.25, 0.3) is 0 Å². The second-order valence-corrected chi connectivity index (χ2v) is 6.25. The zero-order valence-electron chi connectivity index (χ0n) is 11.3. The van der Waals surface area contributed by atoms with Crippen molar-refractivity contribution in [1.29, 1.82) is 0 Å². The lowest BCUT2D eigenvalue weighted by Crippen LogP contribution is -2.39. The quantitative estimate of drug-likeness (QED) is 0.902. The molecule has 102 valence electrons. The number of benzene rings is 1. The summed E-state index contributed by atoms with van der Waals surface area (Å²) >= 11 is 0. The van der Waals surface area contributed by atoms with Crippen LogP contribution >= 0.6 is 0 Å². The van der Waals surface area contributed by atoms with Crippen molar-refractivity contribution < 1.29 is 4.74 Å². The maximum absolute atomic E-state index is 6.09. The van der Waals surface area contributed by atoms with Gasteiger partial charge in [-0.15, -0.1) is 0 Å². The van der Waals surface area contributed by atoms with Crippen molar-refractivity contribution in [1.82, 2.24) is 4.90 Å². The molecule has 2 bridgehead atoms. The Bertz CT molecular complexity index is 488. The molecule has 19 heavy (non-hydrogen) atoms. The molecule has 1 saturated carbocycles. The van der Waals surface area contributed by atoms with E-state index in [1.54, 1.807) is 0 Å². The molecule has 3 aliphatic rings. The summed E-state index contributed by atoms with van der Waals surface area (Å²) < 4.78 is 5.60. The molecule has 2 aliphatic heterocycles. The summed E-state index contributed by atoms with van der Waals surface area (Å²) in [6.45, 7) is 2.81. The number of ether oxygens (including phenoxy) is 1. The lowest BCUT2D eigenvalue weighted by atomic mass is 9.99. The van der Waals surface area contributed by atoms with Gasteiger partial charge in [0.2, 0.25) is 0 Å². The van der Waals surface area contributed by atoms with E-state index < -0.39 is 0 Å². The Morgan fingerprint density at radius 1 is 1.37 bits per heavy atom. The molecule has 1 saturated heterocycles. The van der Waals surface area contributed by atoms with Gasteiger partial charge in [0.05, 0.1) is 6.61 Å². The topological polar surface area (TPSA) is 38.5 Å². The fraction of sp³-hybridized carbons (Fsp3) is 0.625. The van der Waals surface area contributed by atoms with Gasteiger partial charge in [-0.3, -0.25) is 4.90 Å². The first kappa shape index (κ1) is 11.7. The molecular formula is C16H22N2O. The van der Waals surface area contributed by atoms with Crippen molar-refractivity contribution in [3.8, 4) is 5.75 Å². The molecule has 0 spiro atoms. The van der Waals surface area contributed by atoms with Gasteiger partial charge in [-0.1, -0.05) is 12.1 Å². The minimum atomic E-state index is 0.404. The van der Waals surface area contributed by atoms with Crippen molar-refractivity contribution in [2.45, 2.75) is 37.8 Å². The van der Waals surface area contributed by atoms with Crippen LogP contribution in [0, 0.1) is 5.92 Å². The van der Waals surface area contributed by atoms with E-state index in [1.165, 1.54) is 36.9 Å². The minimum Gasteiger partial charge on any atom is -0.493 e. The SMILES string of the molecule is NCC(c1ccc2c(c1)CCO2)N1CC2CCC1C2. The smallest absolute Gasteiger partial charge is 0.122 e. The molecule has 0 amide bonds. The molecular weight excluding hydrogens is 236 g/mol. The van der Waals surface area contributed by atoms with Crippen LogP contribution in [-0.2, 0) is 6.42 Å². The Labute approximate surface area is 114 Å². The van der Waals surface area contributed by atoms with Gasteiger partial charge >= 0.3 is 0 Å². The molecule has 2 heterocycles. The van der Waals surface area contributed by atoms with Crippen LogP contribution in [0.2, 0.25) is 0 Å². The molecule has 1 aromatic rings. The van der Waals surface area contributed by atoms with E-state index in [2.05, 4.69) is 23.1 Å². The van der Waals surface area contributed by atoms with Gasteiger partial charge in [0.1, 0.15) is 5.75 Å². The normalized spacial score (nSPS) is 30.4. The number of hydrogen-bond donors (Lipinski definition) is 1. The average molecular weight is 258 g/mol. The predicted molar refractivity (Wildman–Crippen MR) is 75.3 cm³/mol. The molecule has 3 atom stereocenters. The molecule has 3 nitrogen and oxygen atoms in total. The van der Waals surface area contributed by atoms with Crippen molar-refractivity contribution in [2.75, 3.05) is 19.7 Å². The number of rotatable bonds is 3. The number of piperidine rings is 1. The number of fused-ring (bicyclic) bond motifs is 3. The number of nitrogens with two attached hydrogens (primary N) is 1. The third kappa shape index (κ3) is 1.87. The van der Waals surface area contributed by atoms with Gasteiger partial charge in [-0.25, -0.2) is 0 Å². The third-order valence-corrected chi connectivity index (χ3v) is 5.17. The van der Waals surface area contributed by atoms with Crippen molar-refractivity contribution in [2.24, 2.45) is 11.7 Å². The molecule has 1 aromatic carbocycles. The highest BCUT2D eigenvalue weighted by Crippen LogP contribution is 2.42. The molecule has 4 rings (SSSR count). The number of likely N-dealkylation sites (tertiary alicyclic amines) is 1. The van der Waals surface area contributed by atoms with Crippen molar-refractivity contribution >= 4 is 0 Å². The first-order valence-corrected chi connectivity index (χ1v) is 7.56. The van der Waals surface area contributed by atoms with Crippen LogP contribution in [0.4, 0.5) is 0 Å². The molecule has 0 aromatic heterocycles. The van der Waals surface area contributed by atoms with E-state index in [-0.39, 0.29) is 0 Å². The Balaban J connectivity index is 1.62. The van der Waals surface area contributed by atoms with Crippen LogP contribution in [0.5, 0.6) is 5.75 Å². The maximum atomic E-state index is 6.09. The first-order chi connectivity index (χ1) is 9.35. The van der Waals surface area contributed by atoms with Crippen LogP contribution in [0.3, 0.4) is 0 Å². The highest BCUT2D eigenvalue weighted by molar-refractivity contribution is 5.41. The van der Waals surface area contributed by atoms with Crippen LogP contribution in [-0.4, -0.2) is 30.6 Å². The number of nitrogens with zero attached hydrogens (tertiary/aromatic N) is 1. The second kappa shape index (κ2) is 4.50. The van der Waals surface area contributed by atoms with Crippen molar-refractivity contribution in [3.05, 3.63) is 29.3 Å². The fourth-order valence-electron chi connectivity index (χ4n) is 4.22. The van der Waals surface area contributed by atoms with Gasteiger partial charge in [-0.2, -0.15) is 0 Å². The molecule has 3 unspecified atom stereocenters. The van der Waals surface area contributed by atoms with Crippen LogP contribution in [0.15, 0.2) is 18.2 Å². The Hall–Kier alpha value is -1.06. The van der Waals surface area contributed by atoms with E-state index in [0.717, 1.165) is 37.3 Å². The lowest BCUT2D eigenvalue weighted by Gasteiger charge is -2.34. The largest absolute Gasteiger partial charge is 0.493 e. The maximum Gasteiger partial charge on any atom is 0.122 e. The molecule has 0 radical (unpaired) electrons. The monoisotopic (exact) mass is 258 g/mol. The highest BCUT2D eigenvalue weighted by atomic mass is 16.5. The van der Waals surface area contributed by atoms with E-state index in [4.69, 9.17) is 10.5 Å². The summed E-state index contributed by atoms with van der Waals surface area (Å²) in [6.07, 6.45) is 5.24. The summed E-state index contributed by atoms with van der Waals surface area (Å²) in [5.41, 5.74) is 8.84. The fourth-order valence-corrected chi connectivity index (χ4v) is 4.22. The van der Waals surface area contributed by atoms with E-state index in [1.807, 2.05) is 0 Å². The van der Waals surface area contributed by atoms with Crippen molar-refractivity contribution in [3.63, 3.8) is 0 Å². The van der Waals surface area contributed by atoms with Crippen LogP contribution < -0.4 is 10.5 Å². The van der Waals surface area contributed by atoms with E-state index in [0.29, 0.717) is 6.04 Å². The lowest BCUT2D eigenvalue weighted by molar-refractivity contribution is 0.153. The van der Waals surface area contributed by atoms with Gasteiger partial charge < -0.3 is 10.5 Å². The summed E-state index contributed by atoms with van der Waals surface area (Å²) in [7, 11) is 0. The summed E-state index contributed by atoms with van der Waals surface area (Å²) in [5.74, 6) is 2.00. The molecule has 1 aliphatic carbocycles. The second-order valence-electron chi connectivity index (χ2n) is 6.25. The number of hydrogen-bond acceptors (Lipinski definition) is 3. The highest BCUT2D eigenvalue weighted by Gasteiger charge is 2.41. The van der Waals surface area contributed by atoms with Gasteiger partial charge in [-0.05, 0) is 42.4 Å². The minimum absolute atomic E-state index is 0.404. The summed E-state index contributed by atoms with van der Waals surface area (Å²) in [4.78, 5) is 2.66.